The Morgan fingerprint density at radius 2 is 1.88 bits per heavy atom. The molecule has 2 unspecified atom stereocenters. The molecule has 0 amide bonds. The molecule has 0 bridgehead atoms. The molecule has 1 saturated heterocycles. The van der Waals surface area contributed by atoms with Crippen LogP contribution in [0.15, 0.2) is 17.0 Å². The maximum atomic E-state index is 13.1. The van der Waals surface area contributed by atoms with Gasteiger partial charge in [0.2, 0.25) is 10.0 Å². The van der Waals surface area contributed by atoms with E-state index in [0.717, 1.165) is 0 Å². The van der Waals surface area contributed by atoms with E-state index in [1.807, 2.05) is 6.92 Å². The second-order valence-electron chi connectivity index (χ2n) is 6.61. The fourth-order valence-electron chi connectivity index (χ4n) is 3.15. The summed E-state index contributed by atoms with van der Waals surface area (Å²) < 4.78 is 32.1. The number of carboxylic acid groups (broad SMARTS) is 1. The molecule has 1 fully saturated rings. The summed E-state index contributed by atoms with van der Waals surface area (Å²) in [6.45, 7) is 5.42. The number of nitrogens with zero attached hydrogens (tertiary/aromatic N) is 1. The highest BCUT2D eigenvalue weighted by molar-refractivity contribution is 7.89. The summed E-state index contributed by atoms with van der Waals surface area (Å²) in [7, 11) is -2.68. The quantitative estimate of drug-likeness (QED) is 0.813. The third-order valence-electron chi connectivity index (χ3n) is 4.63. The summed E-state index contributed by atoms with van der Waals surface area (Å²) in [5.41, 5.74) is 1.35. The first-order valence-corrected chi connectivity index (χ1v) is 9.44. The number of carbonyl (C=O) groups excluding carboxylic acids is 1. The van der Waals surface area contributed by atoms with Gasteiger partial charge in [-0.2, -0.15) is 4.31 Å². The Morgan fingerprint density at radius 1 is 1.24 bits per heavy atom. The minimum absolute atomic E-state index is 0.0196. The number of sulfonamides is 1. The summed E-state index contributed by atoms with van der Waals surface area (Å²) in [6.07, 6.45) is 0.446. The van der Waals surface area contributed by atoms with Crippen molar-refractivity contribution >= 4 is 22.0 Å². The number of hydrogen-bond acceptors (Lipinski definition) is 5. The van der Waals surface area contributed by atoms with Crippen LogP contribution in [0.25, 0.3) is 0 Å². The lowest BCUT2D eigenvalue weighted by molar-refractivity contribution is -0.143. The predicted octanol–water partition coefficient (Wildman–Crippen LogP) is 1.82. The van der Waals surface area contributed by atoms with Crippen molar-refractivity contribution in [2.75, 3.05) is 20.2 Å². The number of benzene rings is 1. The third-order valence-corrected chi connectivity index (χ3v) is 6.59. The van der Waals surface area contributed by atoms with Crippen molar-refractivity contribution in [3.05, 3.63) is 28.8 Å². The molecule has 7 nitrogen and oxygen atoms in total. The van der Waals surface area contributed by atoms with E-state index in [0.29, 0.717) is 17.5 Å². The van der Waals surface area contributed by atoms with Gasteiger partial charge in [0.15, 0.2) is 0 Å². The first kappa shape index (κ1) is 19.4. The van der Waals surface area contributed by atoms with Crippen LogP contribution in [0.2, 0.25) is 0 Å². The average molecular weight is 369 g/mol. The van der Waals surface area contributed by atoms with Crippen LogP contribution in [0.5, 0.6) is 0 Å². The Labute approximate surface area is 147 Å². The Hall–Kier alpha value is -1.93. The molecule has 0 saturated carbocycles. The number of aliphatic carboxylic acids is 1. The van der Waals surface area contributed by atoms with E-state index < -0.39 is 27.9 Å². The topological polar surface area (TPSA) is 101 Å². The average Bonchev–Trinajstić information content (AvgIpc) is 2.55. The highest BCUT2D eigenvalue weighted by Gasteiger charge is 2.37. The number of piperidine rings is 1. The van der Waals surface area contributed by atoms with Gasteiger partial charge in [0.25, 0.3) is 0 Å². The number of ether oxygens (including phenoxy) is 1. The van der Waals surface area contributed by atoms with Gasteiger partial charge in [-0.1, -0.05) is 6.92 Å². The minimum atomic E-state index is -3.92. The molecule has 1 aliphatic rings. The summed E-state index contributed by atoms with van der Waals surface area (Å²) in [4.78, 5) is 23.2. The van der Waals surface area contributed by atoms with Crippen molar-refractivity contribution in [2.24, 2.45) is 11.8 Å². The summed E-state index contributed by atoms with van der Waals surface area (Å²) >= 11 is 0. The fourth-order valence-corrected chi connectivity index (χ4v) is 5.08. The molecule has 138 valence electrons. The molecule has 2 atom stereocenters. The number of hydrogen-bond donors (Lipinski definition) is 1. The van der Waals surface area contributed by atoms with Gasteiger partial charge in [0.05, 0.1) is 23.5 Å². The molecule has 25 heavy (non-hydrogen) atoms. The number of carbonyl (C=O) groups is 2. The van der Waals surface area contributed by atoms with Crippen LogP contribution in [0, 0.1) is 25.7 Å². The van der Waals surface area contributed by atoms with Crippen LogP contribution in [0.4, 0.5) is 0 Å². The molecule has 2 rings (SSSR count). The molecule has 1 heterocycles. The van der Waals surface area contributed by atoms with Crippen molar-refractivity contribution in [3.63, 3.8) is 0 Å². The first-order chi connectivity index (χ1) is 11.6. The molecule has 1 aromatic carbocycles. The number of aryl methyl sites for hydroxylation is 1. The molecule has 0 aromatic heterocycles. The van der Waals surface area contributed by atoms with Crippen molar-refractivity contribution in [2.45, 2.75) is 32.1 Å². The van der Waals surface area contributed by atoms with Gasteiger partial charge in [0, 0.05) is 13.1 Å². The van der Waals surface area contributed by atoms with Crippen LogP contribution in [0.3, 0.4) is 0 Å². The van der Waals surface area contributed by atoms with Crippen LogP contribution in [0.1, 0.15) is 34.8 Å². The van der Waals surface area contributed by atoms with E-state index in [1.165, 1.54) is 17.5 Å². The predicted molar refractivity (Wildman–Crippen MR) is 90.9 cm³/mol. The van der Waals surface area contributed by atoms with Crippen LogP contribution < -0.4 is 0 Å². The molecule has 0 aliphatic carbocycles. The second kappa shape index (κ2) is 7.13. The first-order valence-electron chi connectivity index (χ1n) is 8.00. The lowest BCUT2D eigenvalue weighted by Gasteiger charge is -2.34. The Bertz CT molecular complexity index is 802. The van der Waals surface area contributed by atoms with Gasteiger partial charge in [-0.15, -0.1) is 0 Å². The maximum Gasteiger partial charge on any atom is 0.337 e. The molecule has 1 aliphatic heterocycles. The molecule has 0 spiro atoms. The number of carboxylic acids is 1. The zero-order valence-corrected chi connectivity index (χ0v) is 15.6. The number of rotatable bonds is 4. The van der Waals surface area contributed by atoms with Gasteiger partial charge in [-0.25, -0.2) is 13.2 Å². The lowest BCUT2D eigenvalue weighted by atomic mass is 9.92. The van der Waals surface area contributed by atoms with Crippen molar-refractivity contribution in [3.8, 4) is 0 Å². The lowest BCUT2D eigenvalue weighted by Crippen LogP contribution is -2.45. The summed E-state index contributed by atoms with van der Waals surface area (Å²) in [6, 6.07) is 2.89. The standard InChI is InChI=1S/C17H23NO6S/c1-10-5-14(16(19)20)9-18(8-10)25(22,23)15-7-13(17(21)24-4)6-11(2)12(15)3/h6-7,10,14H,5,8-9H2,1-4H3,(H,19,20). The smallest absolute Gasteiger partial charge is 0.337 e. The monoisotopic (exact) mass is 369 g/mol. The number of methoxy groups -OCH3 is 1. The highest BCUT2D eigenvalue weighted by atomic mass is 32.2. The van der Waals surface area contributed by atoms with Crippen LogP contribution >= 0.6 is 0 Å². The van der Waals surface area contributed by atoms with Crippen LogP contribution in [-0.4, -0.2) is 50.0 Å². The van der Waals surface area contributed by atoms with Crippen molar-refractivity contribution < 1.29 is 27.9 Å². The van der Waals surface area contributed by atoms with Gasteiger partial charge in [0.1, 0.15) is 0 Å². The SMILES string of the molecule is COC(=O)c1cc(C)c(C)c(S(=O)(=O)N2CC(C)CC(C(=O)O)C2)c1. The Balaban J connectivity index is 2.50. The highest BCUT2D eigenvalue weighted by Crippen LogP contribution is 2.30. The second-order valence-corrected chi connectivity index (χ2v) is 8.51. The number of esters is 1. The Morgan fingerprint density at radius 3 is 2.44 bits per heavy atom. The van der Waals surface area contributed by atoms with Crippen molar-refractivity contribution in [1.29, 1.82) is 0 Å². The van der Waals surface area contributed by atoms with Gasteiger partial charge in [-0.3, -0.25) is 4.79 Å². The fraction of sp³-hybridized carbons (Fsp3) is 0.529. The molecule has 1 aromatic rings. The van der Waals surface area contributed by atoms with E-state index in [1.54, 1.807) is 19.9 Å². The van der Waals surface area contributed by atoms with E-state index in [9.17, 15) is 23.1 Å². The minimum Gasteiger partial charge on any atom is -0.481 e. The Kier molecular flexibility index (Phi) is 5.53. The normalized spacial score (nSPS) is 21.8. The maximum absolute atomic E-state index is 13.1. The van der Waals surface area contributed by atoms with Crippen LogP contribution in [-0.2, 0) is 19.6 Å². The van der Waals surface area contributed by atoms with E-state index in [2.05, 4.69) is 4.74 Å². The summed E-state index contributed by atoms with van der Waals surface area (Å²) in [5.74, 6) is -2.41. The van der Waals surface area contributed by atoms with Gasteiger partial charge < -0.3 is 9.84 Å². The molecule has 1 N–H and O–H groups in total. The zero-order valence-electron chi connectivity index (χ0n) is 14.8. The van der Waals surface area contributed by atoms with E-state index in [4.69, 9.17) is 0 Å². The third kappa shape index (κ3) is 3.85. The van der Waals surface area contributed by atoms with Crippen molar-refractivity contribution in [1.82, 2.24) is 4.31 Å². The summed E-state index contributed by atoms with van der Waals surface area (Å²) in [5, 5.41) is 9.27. The molecule has 0 radical (unpaired) electrons. The van der Waals surface area contributed by atoms with Gasteiger partial charge in [-0.05, 0) is 49.4 Å². The van der Waals surface area contributed by atoms with E-state index in [-0.39, 0.29) is 29.5 Å². The zero-order chi connectivity index (χ0) is 18.9. The molecular formula is C17H23NO6S. The largest absolute Gasteiger partial charge is 0.481 e. The van der Waals surface area contributed by atoms with Gasteiger partial charge >= 0.3 is 11.9 Å². The molecular weight excluding hydrogens is 346 g/mol. The molecule has 8 heteroatoms. The van der Waals surface area contributed by atoms with E-state index >= 15 is 0 Å².